The second-order valence-corrected chi connectivity index (χ2v) is 6.62. The summed E-state index contributed by atoms with van der Waals surface area (Å²) in [7, 11) is 1.60. The van der Waals surface area contributed by atoms with Crippen LogP contribution in [0.15, 0.2) is 0 Å². The summed E-state index contributed by atoms with van der Waals surface area (Å²) < 4.78 is 20.7. The lowest BCUT2D eigenvalue weighted by Crippen LogP contribution is -2.47. The van der Waals surface area contributed by atoms with E-state index in [-0.39, 0.29) is 13.2 Å². The van der Waals surface area contributed by atoms with Gasteiger partial charge < -0.3 is 18.9 Å². The fraction of sp³-hybridized carbons (Fsp3) is 0.778. The minimum atomic E-state index is -0.663. The average Bonchev–Trinajstić information content (AvgIpc) is 2.93. The first-order chi connectivity index (χ1) is 11.8. The van der Waals surface area contributed by atoms with Crippen LogP contribution < -0.4 is 0 Å². The van der Waals surface area contributed by atoms with Gasteiger partial charge in [-0.05, 0) is 40.5 Å². The number of esters is 1. The largest absolute Gasteiger partial charge is 0.464 e. The first-order valence-electron chi connectivity index (χ1n) is 8.53. The van der Waals surface area contributed by atoms with Crippen molar-refractivity contribution < 1.29 is 28.5 Å². The molecule has 0 spiro atoms. The van der Waals surface area contributed by atoms with Crippen LogP contribution in [-0.2, 0) is 23.7 Å². The van der Waals surface area contributed by atoms with E-state index in [1.54, 1.807) is 34.8 Å². The highest BCUT2D eigenvalue weighted by molar-refractivity contribution is 5.83. The van der Waals surface area contributed by atoms with Crippen molar-refractivity contribution in [2.45, 2.75) is 58.2 Å². The normalized spacial score (nSPS) is 20.0. The maximum Gasteiger partial charge on any atom is 0.412 e. The number of ether oxygens (including phenoxy) is 4. The van der Waals surface area contributed by atoms with E-state index in [2.05, 4.69) is 11.8 Å². The van der Waals surface area contributed by atoms with Crippen LogP contribution in [0, 0.1) is 11.8 Å². The number of carbonyl (C=O) groups is 2. The zero-order valence-electron chi connectivity index (χ0n) is 15.8. The van der Waals surface area contributed by atoms with Gasteiger partial charge in [-0.2, -0.15) is 0 Å². The van der Waals surface area contributed by atoms with Crippen molar-refractivity contribution in [1.29, 1.82) is 0 Å². The van der Waals surface area contributed by atoms with E-state index in [9.17, 15) is 9.59 Å². The predicted molar refractivity (Wildman–Crippen MR) is 92.0 cm³/mol. The van der Waals surface area contributed by atoms with Gasteiger partial charge in [-0.1, -0.05) is 11.8 Å². The number of amides is 1. The number of likely N-dealkylation sites (tertiary alicyclic amines) is 1. The van der Waals surface area contributed by atoms with Gasteiger partial charge in [-0.25, -0.2) is 9.59 Å². The Morgan fingerprint density at radius 2 is 1.92 bits per heavy atom. The SMILES string of the molecule is CCOC(=O)[C@@H]1CC[C@@H](C#CCOCCOC)N1C(=O)OC(C)(C)C. The third-order valence-corrected chi connectivity index (χ3v) is 3.42. The molecule has 2 atom stereocenters. The fourth-order valence-corrected chi connectivity index (χ4v) is 2.42. The molecule has 7 heteroatoms. The van der Waals surface area contributed by atoms with Crippen molar-refractivity contribution >= 4 is 12.1 Å². The van der Waals surface area contributed by atoms with Gasteiger partial charge in [0.15, 0.2) is 0 Å². The van der Waals surface area contributed by atoms with E-state index in [0.29, 0.717) is 26.1 Å². The molecule has 0 aromatic rings. The number of methoxy groups -OCH3 is 1. The molecule has 0 radical (unpaired) electrons. The molecular weight excluding hydrogens is 326 g/mol. The van der Waals surface area contributed by atoms with Gasteiger partial charge in [0.1, 0.15) is 18.2 Å². The van der Waals surface area contributed by atoms with Crippen molar-refractivity contribution in [3.63, 3.8) is 0 Å². The molecule has 0 saturated carbocycles. The Labute approximate surface area is 149 Å². The number of hydrogen-bond acceptors (Lipinski definition) is 6. The summed E-state index contributed by atoms with van der Waals surface area (Å²) in [6.07, 6.45) is 0.540. The van der Waals surface area contributed by atoms with Crippen LogP contribution in [0.3, 0.4) is 0 Å². The topological polar surface area (TPSA) is 74.3 Å². The highest BCUT2D eigenvalue weighted by Gasteiger charge is 2.43. The van der Waals surface area contributed by atoms with Crippen molar-refractivity contribution in [2.24, 2.45) is 0 Å². The molecule has 0 N–H and O–H groups in total. The Morgan fingerprint density at radius 3 is 2.52 bits per heavy atom. The van der Waals surface area contributed by atoms with E-state index in [1.165, 1.54) is 4.90 Å². The highest BCUT2D eigenvalue weighted by atomic mass is 16.6. The van der Waals surface area contributed by atoms with Gasteiger partial charge in [-0.3, -0.25) is 4.90 Å². The lowest BCUT2D eigenvalue weighted by atomic mass is 10.2. The molecule has 142 valence electrons. The fourth-order valence-electron chi connectivity index (χ4n) is 2.42. The number of hydrogen-bond donors (Lipinski definition) is 0. The Bertz CT molecular complexity index is 502. The molecule has 1 amide bonds. The van der Waals surface area contributed by atoms with Gasteiger partial charge in [-0.15, -0.1) is 0 Å². The standard InChI is InChI=1S/C18H29NO6/c1-6-24-16(20)15-10-9-14(8-7-11-23-13-12-22-5)19(15)17(21)25-18(2,3)4/h14-15H,6,9-13H2,1-5H3/t14-,15+/m1/s1. The minimum Gasteiger partial charge on any atom is -0.464 e. The summed E-state index contributed by atoms with van der Waals surface area (Å²) in [5.41, 5.74) is -0.653. The molecule has 0 aromatic heterocycles. The number of rotatable bonds is 6. The Hall–Kier alpha value is -1.78. The zero-order chi connectivity index (χ0) is 18.9. The van der Waals surface area contributed by atoms with E-state index in [1.807, 2.05) is 0 Å². The van der Waals surface area contributed by atoms with Gasteiger partial charge in [0.05, 0.1) is 25.9 Å². The van der Waals surface area contributed by atoms with E-state index in [4.69, 9.17) is 18.9 Å². The zero-order valence-corrected chi connectivity index (χ0v) is 15.8. The van der Waals surface area contributed by atoms with Gasteiger partial charge in [0.25, 0.3) is 0 Å². The Balaban J connectivity index is 2.79. The summed E-state index contributed by atoms with van der Waals surface area (Å²) >= 11 is 0. The van der Waals surface area contributed by atoms with Crippen LogP contribution in [0.25, 0.3) is 0 Å². The van der Waals surface area contributed by atoms with Crippen LogP contribution in [0.1, 0.15) is 40.5 Å². The summed E-state index contributed by atoms with van der Waals surface area (Å²) in [5.74, 6) is 5.48. The van der Waals surface area contributed by atoms with E-state index in [0.717, 1.165) is 0 Å². The predicted octanol–water partition coefficient (Wildman–Crippen LogP) is 1.98. The third kappa shape index (κ3) is 7.32. The van der Waals surface area contributed by atoms with Crippen molar-refractivity contribution in [3.8, 4) is 11.8 Å². The summed E-state index contributed by atoms with van der Waals surface area (Å²) in [6.45, 7) is 8.55. The summed E-state index contributed by atoms with van der Waals surface area (Å²) in [5, 5.41) is 0. The molecule has 7 nitrogen and oxygen atoms in total. The molecule has 1 aliphatic rings. The monoisotopic (exact) mass is 355 g/mol. The maximum atomic E-state index is 12.5. The lowest BCUT2D eigenvalue weighted by molar-refractivity contribution is -0.148. The first kappa shape index (κ1) is 21.3. The molecule has 1 saturated heterocycles. The maximum absolute atomic E-state index is 12.5. The van der Waals surface area contributed by atoms with Crippen molar-refractivity contribution in [1.82, 2.24) is 4.90 Å². The molecule has 0 aliphatic carbocycles. The quantitative estimate of drug-likeness (QED) is 0.412. The van der Waals surface area contributed by atoms with Crippen molar-refractivity contribution in [3.05, 3.63) is 0 Å². The Morgan fingerprint density at radius 1 is 1.20 bits per heavy atom. The second kappa shape index (κ2) is 10.3. The van der Waals surface area contributed by atoms with E-state index < -0.39 is 29.7 Å². The molecule has 1 fully saturated rings. The molecule has 0 bridgehead atoms. The van der Waals surface area contributed by atoms with Crippen LogP contribution in [-0.4, -0.2) is 68.2 Å². The highest BCUT2D eigenvalue weighted by Crippen LogP contribution is 2.27. The summed E-state index contributed by atoms with van der Waals surface area (Å²) in [6, 6.07) is -1.06. The molecule has 1 rings (SSSR count). The number of nitrogens with zero attached hydrogens (tertiary/aromatic N) is 1. The van der Waals surface area contributed by atoms with Crippen molar-refractivity contribution in [2.75, 3.05) is 33.5 Å². The number of carbonyl (C=O) groups excluding carboxylic acids is 2. The molecule has 1 aliphatic heterocycles. The van der Waals surface area contributed by atoms with Crippen LogP contribution >= 0.6 is 0 Å². The van der Waals surface area contributed by atoms with E-state index >= 15 is 0 Å². The third-order valence-electron chi connectivity index (χ3n) is 3.42. The average molecular weight is 355 g/mol. The molecule has 1 heterocycles. The van der Waals surface area contributed by atoms with Gasteiger partial charge in [0, 0.05) is 7.11 Å². The van der Waals surface area contributed by atoms with Gasteiger partial charge >= 0.3 is 12.1 Å². The summed E-state index contributed by atoms with van der Waals surface area (Å²) in [4.78, 5) is 26.1. The van der Waals surface area contributed by atoms with Gasteiger partial charge in [0.2, 0.25) is 0 Å². The molecule has 25 heavy (non-hydrogen) atoms. The molecule has 0 unspecified atom stereocenters. The molecule has 0 aromatic carbocycles. The van der Waals surface area contributed by atoms with Crippen LogP contribution in [0.2, 0.25) is 0 Å². The lowest BCUT2D eigenvalue weighted by Gasteiger charge is -2.29. The smallest absolute Gasteiger partial charge is 0.412 e. The molecular formula is C18H29NO6. The Kier molecular flexibility index (Phi) is 8.73. The van der Waals surface area contributed by atoms with Crippen LogP contribution in [0.4, 0.5) is 4.79 Å². The van der Waals surface area contributed by atoms with Crippen LogP contribution in [0.5, 0.6) is 0 Å². The first-order valence-corrected chi connectivity index (χ1v) is 8.53. The minimum absolute atomic E-state index is 0.242. The second-order valence-electron chi connectivity index (χ2n) is 6.62.